The summed E-state index contributed by atoms with van der Waals surface area (Å²) < 4.78 is 37.8. The molecule has 1 N–H and O–H groups in total. The molecule has 1 heterocycles. The lowest BCUT2D eigenvalue weighted by Gasteiger charge is -2.09. The van der Waals surface area contributed by atoms with E-state index in [4.69, 9.17) is 0 Å². The van der Waals surface area contributed by atoms with E-state index in [0.29, 0.717) is 17.1 Å². The van der Waals surface area contributed by atoms with Crippen molar-refractivity contribution in [2.45, 2.75) is 6.18 Å². The largest absolute Gasteiger partial charge is 0.416 e. The fourth-order valence-corrected chi connectivity index (χ4v) is 2.08. The first-order valence-electron chi connectivity index (χ1n) is 6.84. The fraction of sp³-hybridized carbons (Fsp3) is 0.0588. The van der Waals surface area contributed by atoms with Gasteiger partial charge in [-0.1, -0.05) is 30.3 Å². The third-order valence-corrected chi connectivity index (χ3v) is 3.22. The molecule has 0 saturated heterocycles. The van der Waals surface area contributed by atoms with Crippen LogP contribution in [-0.4, -0.2) is 9.97 Å². The Labute approximate surface area is 130 Å². The van der Waals surface area contributed by atoms with Gasteiger partial charge in [0.25, 0.3) is 0 Å². The average Bonchev–Trinajstić information content (AvgIpc) is 2.55. The SMILES string of the molecule is FC(F)(F)c1ccc(-c2cc(Nc3ccccc3)ncn2)cc1. The summed E-state index contributed by atoms with van der Waals surface area (Å²) in [6.45, 7) is 0. The summed E-state index contributed by atoms with van der Waals surface area (Å²) in [5.41, 5.74) is 1.33. The van der Waals surface area contributed by atoms with Crippen molar-refractivity contribution in [2.75, 3.05) is 5.32 Å². The Morgan fingerprint density at radius 1 is 0.826 bits per heavy atom. The second-order valence-electron chi connectivity index (χ2n) is 4.85. The first-order valence-corrected chi connectivity index (χ1v) is 6.84. The van der Waals surface area contributed by atoms with Crippen molar-refractivity contribution in [1.82, 2.24) is 9.97 Å². The smallest absolute Gasteiger partial charge is 0.340 e. The lowest BCUT2D eigenvalue weighted by atomic mass is 10.1. The first-order chi connectivity index (χ1) is 11.0. The highest BCUT2D eigenvalue weighted by atomic mass is 19.4. The number of anilines is 2. The molecular formula is C17H12F3N3. The van der Waals surface area contributed by atoms with Crippen LogP contribution in [0.3, 0.4) is 0 Å². The van der Waals surface area contributed by atoms with Crippen LogP contribution in [0.25, 0.3) is 11.3 Å². The summed E-state index contributed by atoms with van der Waals surface area (Å²) in [7, 11) is 0. The van der Waals surface area contributed by atoms with E-state index < -0.39 is 11.7 Å². The maximum atomic E-state index is 12.6. The Balaban J connectivity index is 1.85. The van der Waals surface area contributed by atoms with Crippen LogP contribution in [0.2, 0.25) is 0 Å². The molecule has 6 heteroatoms. The molecule has 0 radical (unpaired) electrons. The maximum absolute atomic E-state index is 12.6. The van der Waals surface area contributed by atoms with Crippen molar-refractivity contribution >= 4 is 11.5 Å². The normalized spacial score (nSPS) is 11.3. The van der Waals surface area contributed by atoms with Crippen molar-refractivity contribution in [3.63, 3.8) is 0 Å². The minimum atomic E-state index is -4.34. The van der Waals surface area contributed by atoms with Crippen LogP contribution in [0.5, 0.6) is 0 Å². The molecule has 3 nitrogen and oxygen atoms in total. The van der Waals surface area contributed by atoms with Crippen molar-refractivity contribution in [3.05, 3.63) is 72.6 Å². The number of rotatable bonds is 3. The summed E-state index contributed by atoms with van der Waals surface area (Å²) in [5.74, 6) is 0.570. The predicted octanol–water partition coefficient (Wildman–Crippen LogP) is 4.91. The zero-order valence-electron chi connectivity index (χ0n) is 11.9. The van der Waals surface area contributed by atoms with Gasteiger partial charge in [-0.2, -0.15) is 13.2 Å². The molecule has 0 saturated carbocycles. The highest BCUT2D eigenvalue weighted by molar-refractivity contribution is 5.65. The van der Waals surface area contributed by atoms with E-state index in [0.717, 1.165) is 17.8 Å². The number of aromatic nitrogens is 2. The summed E-state index contributed by atoms with van der Waals surface area (Å²) in [6.07, 6.45) is -2.97. The lowest BCUT2D eigenvalue weighted by Crippen LogP contribution is -2.04. The molecular weight excluding hydrogens is 303 g/mol. The van der Waals surface area contributed by atoms with Crippen LogP contribution in [0, 0.1) is 0 Å². The van der Waals surface area contributed by atoms with Gasteiger partial charge in [0.1, 0.15) is 12.1 Å². The summed E-state index contributed by atoms with van der Waals surface area (Å²) in [6, 6.07) is 16.0. The fourth-order valence-electron chi connectivity index (χ4n) is 2.08. The molecule has 0 spiro atoms. The number of alkyl halides is 3. The Morgan fingerprint density at radius 2 is 1.52 bits per heavy atom. The van der Waals surface area contributed by atoms with Gasteiger partial charge in [-0.05, 0) is 24.3 Å². The van der Waals surface area contributed by atoms with Gasteiger partial charge in [0.05, 0.1) is 11.3 Å². The van der Waals surface area contributed by atoms with Crippen molar-refractivity contribution in [3.8, 4) is 11.3 Å². The minimum absolute atomic E-state index is 0.548. The molecule has 0 aliphatic heterocycles. The highest BCUT2D eigenvalue weighted by Gasteiger charge is 2.29. The minimum Gasteiger partial charge on any atom is -0.340 e. The van der Waals surface area contributed by atoms with Gasteiger partial charge in [-0.15, -0.1) is 0 Å². The number of para-hydroxylation sites is 1. The number of hydrogen-bond donors (Lipinski definition) is 1. The molecule has 0 bridgehead atoms. The number of hydrogen-bond acceptors (Lipinski definition) is 3. The van der Waals surface area contributed by atoms with Crippen LogP contribution in [0.1, 0.15) is 5.56 Å². The number of benzene rings is 2. The van der Waals surface area contributed by atoms with Crippen LogP contribution in [0.4, 0.5) is 24.7 Å². The second-order valence-corrected chi connectivity index (χ2v) is 4.85. The van der Waals surface area contributed by atoms with E-state index in [1.165, 1.54) is 18.5 Å². The van der Waals surface area contributed by atoms with Gasteiger partial charge in [0.2, 0.25) is 0 Å². The van der Waals surface area contributed by atoms with Gasteiger partial charge < -0.3 is 5.32 Å². The van der Waals surface area contributed by atoms with E-state index in [-0.39, 0.29) is 0 Å². The monoisotopic (exact) mass is 315 g/mol. The van der Waals surface area contributed by atoms with E-state index in [1.807, 2.05) is 30.3 Å². The third kappa shape index (κ3) is 3.66. The maximum Gasteiger partial charge on any atom is 0.416 e. The van der Waals surface area contributed by atoms with Crippen LogP contribution in [-0.2, 0) is 6.18 Å². The number of nitrogens with zero attached hydrogens (tertiary/aromatic N) is 2. The summed E-state index contributed by atoms with van der Waals surface area (Å²) in [5, 5.41) is 3.12. The van der Waals surface area contributed by atoms with Gasteiger partial charge in [0, 0.05) is 17.3 Å². The molecule has 0 atom stereocenters. The second kappa shape index (κ2) is 6.08. The molecule has 0 fully saturated rings. The molecule has 3 rings (SSSR count). The molecule has 3 aromatic rings. The van der Waals surface area contributed by atoms with E-state index >= 15 is 0 Å². The van der Waals surface area contributed by atoms with Crippen molar-refractivity contribution < 1.29 is 13.2 Å². The average molecular weight is 315 g/mol. The zero-order chi connectivity index (χ0) is 16.3. The topological polar surface area (TPSA) is 37.8 Å². The van der Waals surface area contributed by atoms with Crippen LogP contribution in [0.15, 0.2) is 67.0 Å². The van der Waals surface area contributed by atoms with Gasteiger partial charge in [0.15, 0.2) is 0 Å². The molecule has 0 aliphatic carbocycles. The molecule has 23 heavy (non-hydrogen) atoms. The number of halogens is 3. The molecule has 116 valence electrons. The van der Waals surface area contributed by atoms with Crippen LogP contribution < -0.4 is 5.32 Å². The Hall–Kier alpha value is -2.89. The van der Waals surface area contributed by atoms with Gasteiger partial charge in [-0.3, -0.25) is 0 Å². The Kier molecular flexibility index (Phi) is 3.97. The third-order valence-electron chi connectivity index (χ3n) is 3.22. The zero-order valence-corrected chi connectivity index (χ0v) is 11.9. The highest BCUT2D eigenvalue weighted by Crippen LogP contribution is 2.30. The van der Waals surface area contributed by atoms with Gasteiger partial charge >= 0.3 is 6.18 Å². The summed E-state index contributed by atoms with van der Waals surface area (Å²) >= 11 is 0. The number of nitrogens with one attached hydrogen (secondary N) is 1. The van der Waals surface area contributed by atoms with E-state index in [9.17, 15) is 13.2 Å². The van der Waals surface area contributed by atoms with Crippen molar-refractivity contribution in [2.24, 2.45) is 0 Å². The van der Waals surface area contributed by atoms with E-state index in [2.05, 4.69) is 15.3 Å². The quantitative estimate of drug-likeness (QED) is 0.746. The Morgan fingerprint density at radius 3 is 2.17 bits per heavy atom. The lowest BCUT2D eigenvalue weighted by molar-refractivity contribution is -0.137. The van der Waals surface area contributed by atoms with Crippen molar-refractivity contribution in [1.29, 1.82) is 0 Å². The standard InChI is InChI=1S/C17H12F3N3/c18-17(19,20)13-8-6-12(7-9-13)15-10-16(22-11-21-15)23-14-4-2-1-3-5-14/h1-11H,(H,21,22,23). The molecule has 0 unspecified atom stereocenters. The van der Waals surface area contributed by atoms with Gasteiger partial charge in [-0.25, -0.2) is 9.97 Å². The molecule has 0 aliphatic rings. The van der Waals surface area contributed by atoms with E-state index in [1.54, 1.807) is 6.07 Å². The Bertz CT molecular complexity index is 784. The predicted molar refractivity (Wildman–Crippen MR) is 82.2 cm³/mol. The molecule has 0 amide bonds. The summed E-state index contributed by atoms with van der Waals surface area (Å²) in [4.78, 5) is 8.23. The first kappa shape index (κ1) is 15.0. The van der Waals surface area contributed by atoms with Crippen LogP contribution >= 0.6 is 0 Å². The molecule has 1 aromatic heterocycles. The molecule has 2 aromatic carbocycles.